The number of hydroxylamine groups is 2. The highest BCUT2D eigenvalue weighted by Crippen LogP contribution is 2.04. The monoisotopic (exact) mass is 174 g/mol. The number of aliphatic hydroxyl groups excluding tert-OH is 1. The fraction of sp³-hybridized carbons (Fsp3) is 1.00. The molecule has 0 aromatic heterocycles. The van der Waals surface area contributed by atoms with Crippen LogP contribution in [0.5, 0.6) is 0 Å². The van der Waals surface area contributed by atoms with Crippen LogP contribution in [0.2, 0.25) is 0 Å². The Morgan fingerprint density at radius 2 is 1.92 bits per heavy atom. The van der Waals surface area contributed by atoms with Crippen molar-refractivity contribution in [2.75, 3.05) is 32.8 Å². The molecule has 1 N–H and O–H groups in total. The van der Waals surface area contributed by atoms with Gasteiger partial charge < -0.3 is 5.11 Å². The minimum Gasteiger partial charge on any atom is -0.379 e. The Hall–Kier alpha value is -0.160. The van der Waals surface area contributed by atoms with Gasteiger partial charge in [0.15, 0.2) is 0 Å². The third-order valence-corrected chi connectivity index (χ3v) is 2.11. The first-order valence-electron chi connectivity index (χ1n) is 4.54. The maximum Gasteiger partial charge on any atom is 0.104 e. The Kier molecular flexibility index (Phi) is 3.94. The smallest absolute Gasteiger partial charge is 0.104 e. The number of rotatable bonds is 3. The van der Waals surface area contributed by atoms with E-state index in [1.807, 2.05) is 16.9 Å². The molecule has 1 fully saturated rings. The normalized spacial score (nSPS) is 24.2. The van der Waals surface area contributed by atoms with Crippen LogP contribution in [0.4, 0.5) is 0 Å². The SMILES string of the molecule is CCON1CCN(C(C)O)CC1. The Balaban J connectivity index is 2.20. The molecule has 0 spiro atoms. The van der Waals surface area contributed by atoms with Gasteiger partial charge in [-0.15, -0.1) is 0 Å². The summed E-state index contributed by atoms with van der Waals surface area (Å²) in [5, 5.41) is 11.2. The molecule has 0 radical (unpaired) electrons. The minimum atomic E-state index is -0.325. The number of piperazine rings is 1. The molecular formula is C8H18N2O2. The summed E-state index contributed by atoms with van der Waals surface area (Å²) in [6, 6.07) is 0. The molecular weight excluding hydrogens is 156 g/mol. The molecule has 0 aliphatic carbocycles. The summed E-state index contributed by atoms with van der Waals surface area (Å²) >= 11 is 0. The summed E-state index contributed by atoms with van der Waals surface area (Å²) in [6.45, 7) is 8.07. The summed E-state index contributed by atoms with van der Waals surface area (Å²) in [7, 11) is 0. The second kappa shape index (κ2) is 4.77. The topological polar surface area (TPSA) is 35.9 Å². The van der Waals surface area contributed by atoms with E-state index in [1.54, 1.807) is 6.92 Å². The van der Waals surface area contributed by atoms with Gasteiger partial charge in [0.1, 0.15) is 6.23 Å². The molecule has 1 rings (SSSR count). The van der Waals surface area contributed by atoms with E-state index in [1.165, 1.54) is 0 Å². The standard InChI is InChI=1S/C8H18N2O2/c1-3-12-10-6-4-9(5-7-10)8(2)11/h8,11H,3-7H2,1-2H3. The van der Waals surface area contributed by atoms with E-state index in [0.29, 0.717) is 0 Å². The Labute approximate surface area is 73.7 Å². The first-order valence-corrected chi connectivity index (χ1v) is 4.54. The van der Waals surface area contributed by atoms with Gasteiger partial charge in [-0.3, -0.25) is 9.74 Å². The van der Waals surface area contributed by atoms with Gasteiger partial charge in [0.25, 0.3) is 0 Å². The summed E-state index contributed by atoms with van der Waals surface area (Å²) < 4.78 is 0. The lowest BCUT2D eigenvalue weighted by molar-refractivity contribution is -0.182. The van der Waals surface area contributed by atoms with Gasteiger partial charge in [0, 0.05) is 26.2 Å². The highest BCUT2D eigenvalue weighted by Gasteiger charge is 2.19. The Morgan fingerprint density at radius 3 is 2.33 bits per heavy atom. The minimum absolute atomic E-state index is 0.325. The van der Waals surface area contributed by atoms with Crippen molar-refractivity contribution in [1.82, 2.24) is 9.96 Å². The van der Waals surface area contributed by atoms with Gasteiger partial charge in [-0.1, -0.05) is 0 Å². The first kappa shape index (κ1) is 9.92. The zero-order valence-corrected chi connectivity index (χ0v) is 7.86. The van der Waals surface area contributed by atoms with E-state index in [0.717, 1.165) is 32.8 Å². The molecule has 0 bridgehead atoms. The third-order valence-electron chi connectivity index (χ3n) is 2.11. The summed E-state index contributed by atoms with van der Waals surface area (Å²) in [5.41, 5.74) is 0. The summed E-state index contributed by atoms with van der Waals surface area (Å²) in [4.78, 5) is 7.37. The van der Waals surface area contributed by atoms with Gasteiger partial charge in [-0.25, -0.2) is 0 Å². The molecule has 1 aliphatic heterocycles. The molecule has 4 nitrogen and oxygen atoms in total. The van der Waals surface area contributed by atoms with Gasteiger partial charge in [-0.05, 0) is 13.8 Å². The van der Waals surface area contributed by atoms with Gasteiger partial charge in [0.2, 0.25) is 0 Å². The second-order valence-corrected chi connectivity index (χ2v) is 3.01. The van der Waals surface area contributed by atoms with Crippen LogP contribution in [0.15, 0.2) is 0 Å². The van der Waals surface area contributed by atoms with E-state index >= 15 is 0 Å². The number of hydrogen-bond donors (Lipinski definition) is 1. The summed E-state index contributed by atoms with van der Waals surface area (Å²) in [6.07, 6.45) is -0.325. The number of nitrogens with zero attached hydrogens (tertiary/aromatic N) is 2. The fourth-order valence-electron chi connectivity index (χ4n) is 1.39. The van der Waals surface area contributed by atoms with Gasteiger partial charge in [0.05, 0.1) is 6.61 Å². The van der Waals surface area contributed by atoms with Crippen LogP contribution in [-0.4, -0.2) is 54.1 Å². The van der Waals surface area contributed by atoms with Crippen LogP contribution in [-0.2, 0) is 4.84 Å². The molecule has 1 aliphatic rings. The first-order chi connectivity index (χ1) is 5.74. The van der Waals surface area contributed by atoms with E-state index in [4.69, 9.17) is 4.84 Å². The van der Waals surface area contributed by atoms with Crippen LogP contribution >= 0.6 is 0 Å². The van der Waals surface area contributed by atoms with Crippen molar-refractivity contribution >= 4 is 0 Å². The lowest BCUT2D eigenvalue weighted by Crippen LogP contribution is -2.49. The van der Waals surface area contributed by atoms with Crippen molar-refractivity contribution in [3.63, 3.8) is 0 Å². The number of aliphatic hydroxyl groups is 1. The molecule has 1 saturated heterocycles. The molecule has 12 heavy (non-hydrogen) atoms. The van der Waals surface area contributed by atoms with E-state index in [2.05, 4.69) is 0 Å². The van der Waals surface area contributed by atoms with Crippen LogP contribution in [0.25, 0.3) is 0 Å². The average Bonchev–Trinajstić information content (AvgIpc) is 2.06. The fourth-order valence-corrected chi connectivity index (χ4v) is 1.39. The lowest BCUT2D eigenvalue weighted by atomic mass is 10.3. The Morgan fingerprint density at radius 1 is 1.33 bits per heavy atom. The summed E-state index contributed by atoms with van der Waals surface area (Å²) in [5.74, 6) is 0. The zero-order chi connectivity index (χ0) is 8.97. The van der Waals surface area contributed by atoms with Crippen molar-refractivity contribution in [1.29, 1.82) is 0 Å². The highest BCUT2D eigenvalue weighted by molar-refractivity contribution is 4.67. The van der Waals surface area contributed by atoms with Crippen LogP contribution < -0.4 is 0 Å². The molecule has 0 amide bonds. The van der Waals surface area contributed by atoms with Crippen molar-refractivity contribution in [2.45, 2.75) is 20.1 Å². The van der Waals surface area contributed by atoms with Crippen molar-refractivity contribution in [3.8, 4) is 0 Å². The van der Waals surface area contributed by atoms with Gasteiger partial charge >= 0.3 is 0 Å². The zero-order valence-electron chi connectivity index (χ0n) is 7.86. The molecule has 72 valence electrons. The lowest BCUT2D eigenvalue weighted by Gasteiger charge is -2.35. The van der Waals surface area contributed by atoms with Crippen molar-refractivity contribution in [3.05, 3.63) is 0 Å². The van der Waals surface area contributed by atoms with Gasteiger partial charge in [-0.2, -0.15) is 5.06 Å². The largest absolute Gasteiger partial charge is 0.379 e. The van der Waals surface area contributed by atoms with Crippen LogP contribution in [0.1, 0.15) is 13.8 Å². The molecule has 4 heteroatoms. The molecule has 0 saturated carbocycles. The third kappa shape index (κ3) is 2.71. The maximum atomic E-state index is 9.26. The molecule has 0 aromatic carbocycles. The van der Waals surface area contributed by atoms with E-state index in [9.17, 15) is 5.11 Å². The molecule has 1 atom stereocenters. The van der Waals surface area contributed by atoms with Crippen molar-refractivity contribution in [2.24, 2.45) is 0 Å². The van der Waals surface area contributed by atoms with Crippen LogP contribution in [0, 0.1) is 0 Å². The molecule has 1 unspecified atom stereocenters. The maximum absolute atomic E-state index is 9.26. The molecule has 0 aromatic rings. The average molecular weight is 174 g/mol. The second-order valence-electron chi connectivity index (χ2n) is 3.01. The van der Waals surface area contributed by atoms with Crippen LogP contribution in [0.3, 0.4) is 0 Å². The quantitative estimate of drug-likeness (QED) is 0.648. The predicted molar refractivity (Wildman–Crippen MR) is 46.5 cm³/mol. The molecule has 1 heterocycles. The highest BCUT2D eigenvalue weighted by atomic mass is 16.7. The number of hydrogen-bond acceptors (Lipinski definition) is 4. The Bertz CT molecular complexity index is 122. The van der Waals surface area contributed by atoms with E-state index < -0.39 is 0 Å². The van der Waals surface area contributed by atoms with E-state index in [-0.39, 0.29) is 6.23 Å². The van der Waals surface area contributed by atoms with Crippen molar-refractivity contribution < 1.29 is 9.94 Å². The predicted octanol–water partition coefficient (Wildman–Crippen LogP) is -0.106.